The van der Waals surface area contributed by atoms with Crippen LogP contribution >= 0.6 is 11.8 Å². The fourth-order valence-electron chi connectivity index (χ4n) is 3.37. The van der Waals surface area contributed by atoms with E-state index in [9.17, 15) is 9.59 Å². The molecule has 2 aliphatic heterocycles. The van der Waals surface area contributed by atoms with Crippen LogP contribution in [0.15, 0.2) is 46.8 Å². The molecule has 10 heteroatoms. The van der Waals surface area contributed by atoms with Crippen molar-refractivity contribution in [3.63, 3.8) is 0 Å². The lowest BCUT2D eigenvalue weighted by molar-refractivity contribution is -0.127. The summed E-state index contributed by atoms with van der Waals surface area (Å²) in [5.41, 5.74) is 1.25. The minimum atomic E-state index is -0.534. The van der Waals surface area contributed by atoms with Gasteiger partial charge in [-0.2, -0.15) is 0 Å². The Kier molecular flexibility index (Phi) is 5.03. The van der Waals surface area contributed by atoms with Gasteiger partial charge in [-0.25, -0.2) is 9.79 Å². The second-order valence-electron chi connectivity index (χ2n) is 6.78. The van der Waals surface area contributed by atoms with E-state index in [1.807, 2.05) is 30.1 Å². The molecule has 0 radical (unpaired) electrons. The first-order valence-corrected chi connectivity index (χ1v) is 9.84. The molecule has 2 atom stereocenters. The Morgan fingerprint density at radius 2 is 1.96 bits per heavy atom. The molecule has 1 aromatic carbocycles. The number of thioether (sulfide) groups is 1. The minimum Gasteiger partial charge on any atom is -0.335 e. The van der Waals surface area contributed by atoms with E-state index in [0.29, 0.717) is 16.9 Å². The number of imide groups is 1. The summed E-state index contributed by atoms with van der Waals surface area (Å²) in [6.45, 7) is 0.648. The van der Waals surface area contributed by atoms with Crippen LogP contribution in [0.3, 0.4) is 0 Å². The van der Waals surface area contributed by atoms with Gasteiger partial charge >= 0.3 is 6.03 Å². The first-order valence-electron chi connectivity index (χ1n) is 9.02. The molecule has 4 rings (SSSR count). The number of aryl methyl sites for hydroxylation is 2. The highest BCUT2D eigenvalue weighted by Crippen LogP contribution is 2.31. The molecule has 0 bridgehead atoms. The summed E-state index contributed by atoms with van der Waals surface area (Å²) in [5, 5.41) is 11.8. The first kappa shape index (κ1) is 18.5. The number of carbonyl (C=O) groups is 2. The van der Waals surface area contributed by atoms with Crippen molar-refractivity contribution in [2.45, 2.75) is 30.2 Å². The zero-order chi connectivity index (χ0) is 19.7. The second kappa shape index (κ2) is 7.63. The molecular formula is C18H21N7O2S. The van der Waals surface area contributed by atoms with E-state index in [4.69, 9.17) is 0 Å². The molecule has 3 amide bonds. The molecule has 9 nitrogen and oxygen atoms in total. The summed E-state index contributed by atoms with van der Waals surface area (Å²) in [6.07, 6.45) is 2.84. The van der Waals surface area contributed by atoms with Gasteiger partial charge in [-0.1, -0.05) is 30.3 Å². The lowest BCUT2D eigenvalue weighted by atomic mass is 10.1. The Bertz CT molecular complexity index is 914. The Morgan fingerprint density at radius 1 is 1.18 bits per heavy atom. The lowest BCUT2D eigenvalue weighted by Crippen LogP contribution is -2.63. The molecule has 0 aliphatic carbocycles. The fraction of sp³-hybridized carbons (Fsp3) is 0.389. The standard InChI is InChI=1S/C18H21N7O2S/c1-23-11-19-22-18(23)28-17-20-14-13(15(26)21-16(27)24(14)2)25(17)10-6-9-12-7-4-3-5-8-12/h3-5,7-8,11,13-14H,6,9-10H2,1-2H3,(H,21,26,27). The van der Waals surface area contributed by atoms with Crippen LogP contribution in [-0.2, 0) is 18.3 Å². The van der Waals surface area contributed by atoms with Gasteiger partial charge < -0.3 is 14.4 Å². The Hall–Kier alpha value is -2.88. The summed E-state index contributed by atoms with van der Waals surface area (Å²) < 4.78 is 1.80. The van der Waals surface area contributed by atoms with E-state index in [0.717, 1.165) is 12.8 Å². The number of amidine groups is 1. The second-order valence-corrected chi connectivity index (χ2v) is 7.72. The third kappa shape index (κ3) is 3.47. The van der Waals surface area contributed by atoms with E-state index >= 15 is 0 Å². The number of carbonyl (C=O) groups excluding carboxylic acids is 2. The van der Waals surface area contributed by atoms with Gasteiger partial charge in [-0.15, -0.1) is 10.2 Å². The molecule has 1 aromatic heterocycles. The van der Waals surface area contributed by atoms with Gasteiger partial charge in [0, 0.05) is 20.6 Å². The maximum Gasteiger partial charge on any atom is 0.325 e. The summed E-state index contributed by atoms with van der Waals surface area (Å²) >= 11 is 1.36. The number of aromatic nitrogens is 3. The average Bonchev–Trinajstić information content (AvgIpc) is 3.25. The molecule has 1 saturated heterocycles. The van der Waals surface area contributed by atoms with Crippen LogP contribution in [-0.4, -0.2) is 67.5 Å². The number of urea groups is 1. The van der Waals surface area contributed by atoms with Gasteiger partial charge in [0.25, 0.3) is 5.91 Å². The van der Waals surface area contributed by atoms with Crippen LogP contribution in [0.4, 0.5) is 4.79 Å². The normalized spacial score (nSPS) is 21.6. The molecule has 28 heavy (non-hydrogen) atoms. The highest BCUT2D eigenvalue weighted by Gasteiger charge is 2.48. The zero-order valence-electron chi connectivity index (χ0n) is 15.6. The van der Waals surface area contributed by atoms with E-state index in [-0.39, 0.29) is 5.91 Å². The predicted molar refractivity (Wildman–Crippen MR) is 105 cm³/mol. The topological polar surface area (TPSA) is 95.7 Å². The van der Waals surface area contributed by atoms with E-state index < -0.39 is 18.2 Å². The minimum absolute atomic E-state index is 0.315. The number of amides is 3. The lowest BCUT2D eigenvalue weighted by Gasteiger charge is -2.36. The maximum absolute atomic E-state index is 12.6. The monoisotopic (exact) mass is 399 g/mol. The van der Waals surface area contributed by atoms with Crippen LogP contribution in [0.5, 0.6) is 0 Å². The average molecular weight is 399 g/mol. The van der Waals surface area contributed by atoms with Gasteiger partial charge in [0.1, 0.15) is 6.33 Å². The number of fused-ring (bicyclic) bond motifs is 1. The van der Waals surface area contributed by atoms with Gasteiger partial charge in [0.05, 0.1) is 0 Å². The maximum atomic E-state index is 12.6. The molecule has 2 unspecified atom stereocenters. The third-order valence-electron chi connectivity index (χ3n) is 4.88. The number of aliphatic imine (C=N–C) groups is 1. The summed E-state index contributed by atoms with van der Waals surface area (Å²) in [4.78, 5) is 32.7. The quantitative estimate of drug-likeness (QED) is 0.809. The largest absolute Gasteiger partial charge is 0.335 e. The Morgan fingerprint density at radius 3 is 2.68 bits per heavy atom. The molecular weight excluding hydrogens is 378 g/mol. The smallest absolute Gasteiger partial charge is 0.325 e. The van der Waals surface area contributed by atoms with Gasteiger partial charge in [0.2, 0.25) is 0 Å². The van der Waals surface area contributed by atoms with Crippen LogP contribution in [0.2, 0.25) is 0 Å². The number of hydrogen-bond acceptors (Lipinski definition) is 7. The Balaban J connectivity index is 1.54. The summed E-state index contributed by atoms with van der Waals surface area (Å²) in [6, 6.07) is 9.26. The molecule has 1 N–H and O–H groups in total. The molecule has 146 valence electrons. The number of nitrogens with zero attached hydrogens (tertiary/aromatic N) is 6. The van der Waals surface area contributed by atoms with Crippen molar-refractivity contribution < 1.29 is 9.59 Å². The fourth-order valence-corrected chi connectivity index (χ4v) is 4.29. The van der Waals surface area contributed by atoms with Crippen LogP contribution < -0.4 is 5.32 Å². The predicted octanol–water partition coefficient (Wildman–Crippen LogP) is 1.09. The van der Waals surface area contributed by atoms with Crippen molar-refractivity contribution in [2.75, 3.05) is 13.6 Å². The van der Waals surface area contributed by atoms with E-state index in [1.54, 1.807) is 17.9 Å². The molecule has 0 saturated carbocycles. The molecule has 1 fully saturated rings. The van der Waals surface area contributed by atoms with E-state index in [2.05, 4.69) is 32.6 Å². The third-order valence-corrected chi connectivity index (χ3v) is 5.96. The summed E-state index contributed by atoms with van der Waals surface area (Å²) in [7, 11) is 3.51. The molecule has 0 spiro atoms. The van der Waals surface area contributed by atoms with Crippen LogP contribution in [0, 0.1) is 0 Å². The van der Waals surface area contributed by atoms with Crippen LogP contribution in [0.1, 0.15) is 12.0 Å². The van der Waals surface area contributed by atoms with Gasteiger partial charge in [0.15, 0.2) is 22.5 Å². The first-order chi connectivity index (χ1) is 13.5. The molecule has 3 heterocycles. The van der Waals surface area contributed by atoms with Gasteiger partial charge in [-0.05, 0) is 30.2 Å². The SMILES string of the molecule is CN1C(=O)NC(=O)C2C1N=C(Sc1nncn1C)N2CCCc1ccccc1. The van der Waals surface area contributed by atoms with Crippen LogP contribution in [0.25, 0.3) is 0 Å². The van der Waals surface area contributed by atoms with Crippen molar-refractivity contribution >= 4 is 28.9 Å². The molecule has 2 aliphatic rings. The van der Waals surface area contributed by atoms with Crippen molar-refractivity contribution in [1.82, 2.24) is 29.9 Å². The zero-order valence-corrected chi connectivity index (χ0v) is 16.5. The number of benzene rings is 1. The Labute approximate surface area is 166 Å². The highest BCUT2D eigenvalue weighted by molar-refractivity contribution is 8.13. The number of rotatable bonds is 5. The van der Waals surface area contributed by atoms with Crippen molar-refractivity contribution in [2.24, 2.45) is 12.0 Å². The highest BCUT2D eigenvalue weighted by atomic mass is 32.2. The number of nitrogens with one attached hydrogen (secondary N) is 1. The van der Waals surface area contributed by atoms with E-state index in [1.165, 1.54) is 22.2 Å². The van der Waals surface area contributed by atoms with Crippen molar-refractivity contribution in [3.8, 4) is 0 Å². The number of likely N-dealkylation sites (N-methyl/N-ethyl adjacent to an activating group) is 1. The van der Waals surface area contributed by atoms with Gasteiger partial charge in [-0.3, -0.25) is 10.1 Å². The van der Waals surface area contributed by atoms with Crippen molar-refractivity contribution in [1.29, 1.82) is 0 Å². The molecule has 2 aromatic rings. The summed E-state index contributed by atoms with van der Waals surface area (Å²) in [5.74, 6) is -0.315. The number of hydrogen-bond donors (Lipinski definition) is 1. The van der Waals surface area contributed by atoms with Crippen molar-refractivity contribution in [3.05, 3.63) is 42.2 Å².